The maximum Gasteiger partial charge on any atom is 0.330 e. The Morgan fingerprint density at radius 1 is 1.24 bits per heavy atom. The summed E-state index contributed by atoms with van der Waals surface area (Å²) >= 11 is 1.60. The van der Waals surface area contributed by atoms with E-state index in [4.69, 9.17) is 15.9 Å². The van der Waals surface area contributed by atoms with Crippen molar-refractivity contribution in [3.63, 3.8) is 0 Å². The minimum absolute atomic E-state index is 0.0342. The number of rotatable bonds is 12. The number of carboxylic acids is 1. The fourth-order valence-corrected chi connectivity index (χ4v) is 4.59. The Bertz CT molecular complexity index is 1140. The molecule has 3 rings (SSSR count). The summed E-state index contributed by atoms with van der Waals surface area (Å²) in [6.45, 7) is 6.59. The van der Waals surface area contributed by atoms with E-state index in [0.29, 0.717) is 35.6 Å². The summed E-state index contributed by atoms with van der Waals surface area (Å²) in [6.07, 6.45) is 3.24. The van der Waals surface area contributed by atoms with Crippen LogP contribution in [-0.2, 0) is 24.1 Å². The van der Waals surface area contributed by atoms with E-state index in [0.717, 1.165) is 36.1 Å². The van der Waals surface area contributed by atoms with Crippen molar-refractivity contribution in [2.75, 3.05) is 11.9 Å². The molecule has 0 bridgehead atoms. The predicted octanol–water partition coefficient (Wildman–Crippen LogP) is 5.11. The van der Waals surface area contributed by atoms with E-state index in [9.17, 15) is 9.90 Å². The van der Waals surface area contributed by atoms with Crippen LogP contribution in [0, 0.1) is 12.3 Å². The summed E-state index contributed by atoms with van der Waals surface area (Å²) in [5.74, 6) is -0.385. The Hall–Kier alpha value is -3.39. The van der Waals surface area contributed by atoms with Crippen LogP contribution in [0.4, 0.5) is 5.69 Å². The van der Waals surface area contributed by atoms with Crippen molar-refractivity contribution in [3.05, 3.63) is 74.7 Å². The standard InChI is InChI=1S/C26H32N4O3S/c1-4-6-19-13-17(5-2)14-21(24(19)33-12-11-22-16(3)29-15-34-22)23(26(31)32)30-20-9-7-18(8-10-20)25(27)28/h7-10,13-15,23,30H,4-6,11-12H2,1-3H3,(H3,27,28)(H,31,32)/t23-/m1/s1. The van der Waals surface area contributed by atoms with E-state index in [1.165, 1.54) is 4.88 Å². The van der Waals surface area contributed by atoms with Gasteiger partial charge in [-0.05, 0) is 61.2 Å². The van der Waals surface area contributed by atoms with E-state index < -0.39 is 12.0 Å². The molecule has 0 unspecified atom stereocenters. The number of nitrogens with two attached hydrogens (primary N) is 1. The Kier molecular flexibility index (Phi) is 8.65. The van der Waals surface area contributed by atoms with Gasteiger partial charge in [0.15, 0.2) is 6.04 Å². The summed E-state index contributed by atoms with van der Waals surface area (Å²) in [5, 5.41) is 20.9. The monoisotopic (exact) mass is 480 g/mol. The second kappa shape index (κ2) is 11.7. The Morgan fingerprint density at radius 2 is 1.97 bits per heavy atom. The number of hydrogen-bond acceptors (Lipinski definition) is 6. The van der Waals surface area contributed by atoms with Gasteiger partial charge >= 0.3 is 5.97 Å². The van der Waals surface area contributed by atoms with Crippen molar-refractivity contribution in [2.45, 2.75) is 52.5 Å². The summed E-state index contributed by atoms with van der Waals surface area (Å²) in [7, 11) is 0. The third-order valence-corrected chi connectivity index (χ3v) is 6.66. The average molecular weight is 481 g/mol. The maximum absolute atomic E-state index is 12.4. The van der Waals surface area contributed by atoms with Crippen molar-refractivity contribution in [1.29, 1.82) is 5.41 Å². The zero-order valence-corrected chi connectivity index (χ0v) is 20.7. The zero-order valence-electron chi connectivity index (χ0n) is 19.9. The molecule has 7 nitrogen and oxygen atoms in total. The van der Waals surface area contributed by atoms with E-state index in [1.807, 2.05) is 18.5 Å². The lowest BCUT2D eigenvalue weighted by Crippen LogP contribution is -2.22. The zero-order chi connectivity index (χ0) is 24.7. The van der Waals surface area contributed by atoms with Crippen LogP contribution in [0.1, 0.15) is 59.1 Å². The molecule has 0 radical (unpaired) electrons. The second-order valence-electron chi connectivity index (χ2n) is 8.14. The molecule has 0 saturated heterocycles. The molecule has 0 aliphatic rings. The third-order valence-electron chi connectivity index (χ3n) is 5.67. The van der Waals surface area contributed by atoms with Crippen LogP contribution in [0.25, 0.3) is 0 Å². The molecular formula is C26H32N4O3S. The molecule has 0 saturated carbocycles. The minimum atomic E-state index is -0.995. The first kappa shape index (κ1) is 25.2. The number of aryl methyl sites for hydroxylation is 3. The molecule has 0 spiro atoms. The van der Waals surface area contributed by atoms with E-state index in [-0.39, 0.29) is 5.84 Å². The molecule has 0 fully saturated rings. The topological polar surface area (TPSA) is 121 Å². The molecule has 2 aromatic carbocycles. The SMILES string of the molecule is CCCc1cc(CC)cc([C@@H](Nc2ccc(C(=N)N)cc2)C(=O)O)c1OCCc1scnc1C. The lowest BCUT2D eigenvalue weighted by molar-refractivity contribution is -0.138. The lowest BCUT2D eigenvalue weighted by atomic mass is 9.95. The lowest BCUT2D eigenvalue weighted by Gasteiger charge is -2.23. The van der Waals surface area contributed by atoms with Gasteiger partial charge < -0.3 is 20.9 Å². The Labute approximate surface area is 204 Å². The molecule has 5 N–H and O–H groups in total. The maximum atomic E-state index is 12.4. The number of nitrogen functional groups attached to an aromatic ring is 1. The van der Waals surface area contributed by atoms with E-state index in [1.54, 1.807) is 35.6 Å². The van der Waals surface area contributed by atoms with Crippen LogP contribution in [0.3, 0.4) is 0 Å². The van der Waals surface area contributed by atoms with Gasteiger partial charge in [0.2, 0.25) is 0 Å². The molecular weight excluding hydrogens is 448 g/mol. The van der Waals surface area contributed by atoms with Gasteiger partial charge in [0, 0.05) is 28.1 Å². The number of anilines is 1. The van der Waals surface area contributed by atoms with Crippen LogP contribution in [0.15, 0.2) is 41.9 Å². The number of aromatic nitrogens is 1. The number of benzene rings is 2. The van der Waals surface area contributed by atoms with Crippen LogP contribution in [0.2, 0.25) is 0 Å². The average Bonchev–Trinajstić information content (AvgIpc) is 3.23. The number of amidine groups is 1. The van der Waals surface area contributed by atoms with Gasteiger partial charge in [0.05, 0.1) is 17.8 Å². The largest absolute Gasteiger partial charge is 0.493 e. The van der Waals surface area contributed by atoms with E-state index in [2.05, 4.69) is 30.2 Å². The van der Waals surface area contributed by atoms with Gasteiger partial charge in [-0.15, -0.1) is 11.3 Å². The van der Waals surface area contributed by atoms with Crippen LogP contribution in [0.5, 0.6) is 5.75 Å². The number of aliphatic carboxylic acids is 1. The molecule has 0 aliphatic heterocycles. The predicted molar refractivity (Wildman–Crippen MR) is 137 cm³/mol. The summed E-state index contributed by atoms with van der Waals surface area (Å²) in [4.78, 5) is 17.9. The van der Waals surface area contributed by atoms with E-state index >= 15 is 0 Å². The van der Waals surface area contributed by atoms with Gasteiger partial charge in [-0.2, -0.15) is 0 Å². The number of carbonyl (C=O) groups is 1. The fourth-order valence-electron chi connectivity index (χ4n) is 3.83. The van der Waals surface area contributed by atoms with Crippen molar-refractivity contribution < 1.29 is 14.6 Å². The highest BCUT2D eigenvalue weighted by Crippen LogP contribution is 2.35. The first-order valence-electron chi connectivity index (χ1n) is 11.4. The minimum Gasteiger partial charge on any atom is -0.493 e. The van der Waals surface area contributed by atoms with Crippen LogP contribution in [-0.4, -0.2) is 28.5 Å². The van der Waals surface area contributed by atoms with Gasteiger partial charge in [-0.3, -0.25) is 5.41 Å². The summed E-state index contributed by atoms with van der Waals surface area (Å²) in [5.41, 5.74) is 12.3. The van der Waals surface area contributed by atoms with Crippen LogP contribution < -0.4 is 15.8 Å². The number of hydrogen-bond donors (Lipinski definition) is 4. The second-order valence-corrected chi connectivity index (χ2v) is 9.08. The molecule has 1 heterocycles. The number of nitrogens with zero attached hydrogens (tertiary/aromatic N) is 1. The normalized spacial score (nSPS) is 11.7. The summed E-state index contributed by atoms with van der Waals surface area (Å²) < 4.78 is 6.30. The molecule has 0 aliphatic carbocycles. The smallest absolute Gasteiger partial charge is 0.330 e. The highest BCUT2D eigenvalue weighted by atomic mass is 32.1. The number of nitrogens with one attached hydrogen (secondary N) is 2. The first-order valence-corrected chi connectivity index (χ1v) is 12.3. The van der Waals surface area contributed by atoms with Crippen molar-refractivity contribution in [1.82, 2.24) is 4.98 Å². The Balaban J connectivity index is 1.96. The Morgan fingerprint density at radius 3 is 2.53 bits per heavy atom. The molecule has 3 aromatic rings. The van der Waals surface area contributed by atoms with Crippen molar-refractivity contribution >= 4 is 28.8 Å². The third kappa shape index (κ3) is 6.14. The van der Waals surface area contributed by atoms with Gasteiger partial charge in [0.25, 0.3) is 0 Å². The number of ether oxygens (including phenoxy) is 1. The number of carboxylic acid groups (broad SMARTS) is 1. The molecule has 34 heavy (non-hydrogen) atoms. The molecule has 1 aromatic heterocycles. The highest BCUT2D eigenvalue weighted by Gasteiger charge is 2.26. The highest BCUT2D eigenvalue weighted by molar-refractivity contribution is 7.09. The number of thiazole rings is 1. The molecule has 180 valence electrons. The fraction of sp³-hybridized carbons (Fsp3) is 0.346. The van der Waals surface area contributed by atoms with Gasteiger partial charge in [-0.25, -0.2) is 9.78 Å². The quantitative estimate of drug-likeness (QED) is 0.211. The van der Waals surface area contributed by atoms with Crippen LogP contribution >= 0.6 is 11.3 Å². The molecule has 8 heteroatoms. The molecule has 0 amide bonds. The molecule has 1 atom stereocenters. The first-order chi connectivity index (χ1) is 16.3. The van der Waals surface area contributed by atoms with Crippen molar-refractivity contribution in [2.24, 2.45) is 5.73 Å². The van der Waals surface area contributed by atoms with Crippen molar-refractivity contribution in [3.8, 4) is 5.75 Å². The summed E-state index contributed by atoms with van der Waals surface area (Å²) in [6, 6.07) is 9.92. The van der Waals surface area contributed by atoms with Gasteiger partial charge in [0.1, 0.15) is 11.6 Å². The van der Waals surface area contributed by atoms with Gasteiger partial charge in [-0.1, -0.05) is 26.3 Å².